The van der Waals surface area contributed by atoms with Gasteiger partial charge in [-0.25, -0.2) is 4.39 Å². The molecule has 0 aliphatic carbocycles. The number of halogens is 1. The van der Waals surface area contributed by atoms with Gasteiger partial charge in [0, 0.05) is 13.1 Å². The second-order valence-corrected chi connectivity index (χ2v) is 4.45. The molecule has 0 heterocycles. The van der Waals surface area contributed by atoms with Crippen molar-refractivity contribution in [3.63, 3.8) is 0 Å². The lowest BCUT2D eigenvalue weighted by molar-refractivity contribution is 0.163. The second kappa shape index (κ2) is 5.97. The minimum absolute atomic E-state index is 0.187. The van der Waals surface area contributed by atoms with Crippen LogP contribution in [0.5, 0.6) is 0 Å². The lowest BCUT2D eigenvalue weighted by Crippen LogP contribution is -2.22. The molecule has 16 heavy (non-hydrogen) atoms. The van der Waals surface area contributed by atoms with Crippen LogP contribution in [-0.2, 0) is 6.54 Å². The van der Waals surface area contributed by atoms with E-state index in [1.165, 1.54) is 6.07 Å². The van der Waals surface area contributed by atoms with Crippen LogP contribution in [0.3, 0.4) is 0 Å². The van der Waals surface area contributed by atoms with Gasteiger partial charge >= 0.3 is 0 Å². The summed E-state index contributed by atoms with van der Waals surface area (Å²) in [6.45, 7) is 5.34. The quantitative estimate of drug-likeness (QED) is 0.831. The van der Waals surface area contributed by atoms with Crippen molar-refractivity contribution in [2.75, 3.05) is 13.6 Å². The number of aryl methyl sites for hydroxylation is 1. The Morgan fingerprint density at radius 1 is 1.44 bits per heavy atom. The molecule has 1 N–H and O–H groups in total. The summed E-state index contributed by atoms with van der Waals surface area (Å²) in [7, 11) is 2.01. The number of hydrogen-bond donors (Lipinski definition) is 1. The zero-order valence-corrected chi connectivity index (χ0v) is 10.2. The van der Waals surface area contributed by atoms with Gasteiger partial charge < -0.3 is 10.0 Å². The van der Waals surface area contributed by atoms with Crippen molar-refractivity contribution < 1.29 is 9.50 Å². The molecule has 0 fully saturated rings. The predicted molar refractivity (Wildman–Crippen MR) is 63.8 cm³/mol. The maximum atomic E-state index is 12.9. The molecule has 0 aliphatic heterocycles. The molecule has 0 aromatic heterocycles. The van der Waals surface area contributed by atoms with E-state index < -0.39 is 0 Å². The van der Waals surface area contributed by atoms with Crippen molar-refractivity contribution in [3.8, 4) is 0 Å². The molecule has 0 saturated heterocycles. The Morgan fingerprint density at radius 2 is 2.12 bits per heavy atom. The molecule has 90 valence electrons. The van der Waals surface area contributed by atoms with Gasteiger partial charge in [0.05, 0.1) is 6.10 Å². The van der Waals surface area contributed by atoms with Gasteiger partial charge in [0.1, 0.15) is 5.82 Å². The molecule has 0 bridgehead atoms. The molecule has 2 nitrogen and oxygen atoms in total. The third kappa shape index (κ3) is 4.29. The molecule has 1 unspecified atom stereocenters. The zero-order chi connectivity index (χ0) is 12.1. The summed E-state index contributed by atoms with van der Waals surface area (Å²) in [5.74, 6) is -0.187. The maximum Gasteiger partial charge on any atom is 0.123 e. The van der Waals surface area contributed by atoms with Crippen LogP contribution in [0, 0.1) is 12.7 Å². The fourth-order valence-corrected chi connectivity index (χ4v) is 1.61. The Hall–Kier alpha value is -0.930. The van der Waals surface area contributed by atoms with E-state index in [0.29, 0.717) is 0 Å². The Labute approximate surface area is 96.7 Å². The summed E-state index contributed by atoms with van der Waals surface area (Å²) in [4.78, 5) is 2.13. The maximum absolute atomic E-state index is 12.9. The van der Waals surface area contributed by atoms with Crippen LogP contribution in [0.25, 0.3) is 0 Å². The van der Waals surface area contributed by atoms with E-state index in [9.17, 15) is 9.50 Å². The summed E-state index contributed by atoms with van der Waals surface area (Å²) >= 11 is 0. The molecule has 1 aromatic rings. The number of hydrogen-bond acceptors (Lipinski definition) is 2. The summed E-state index contributed by atoms with van der Waals surface area (Å²) in [6.07, 6.45) is 0.494. The highest BCUT2D eigenvalue weighted by molar-refractivity contribution is 5.26. The topological polar surface area (TPSA) is 23.5 Å². The fraction of sp³-hybridized carbons (Fsp3) is 0.538. The molecule has 1 atom stereocenters. The zero-order valence-electron chi connectivity index (χ0n) is 10.2. The van der Waals surface area contributed by atoms with E-state index >= 15 is 0 Å². The van der Waals surface area contributed by atoms with Crippen LogP contribution in [0.1, 0.15) is 24.5 Å². The molecule has 0 amide bonds. The monoisotopic (exact) mass is 225 g/mol. The van der Waals surface area contributed by atoms with Crippen LogP contribution in [0.2, 0.25) is 0 Å². The van der Waals surface area contributed by atoms with Crippen molar-refractivity contribution >= 4 is 0 Å². The Morgan fingerprint density at radius 3 is 2.69 bits per heavy atom. The molecular formula is C13H20FNO. The average molecular weight is 225 g/mol. The molecule has 0 radical (unpaired) electrons. The lowest BCUT2D eigenvalue weighted by atomic mass is 10.1. The minimum atomic E-state index is -0.267. The van der Waals surface area contributed by atoms with E-state index in [2.05, 4.69) is 4.90 Å². The number of aliphatic hydroxyl groups is 1. The lowest BCUT2D eigenvalue weighted by Gasteiger charge is -2.18. The van der Waals surface area contributed by atoms with E-state index in [1.54, 1.807) is 13.0 Å². The van der Waals surface area contributed by atoms with Gasteiger partial charge in [-0.05, 0) is 50.6 Å². The van der Waals surface area contributed by atoms with Crippen molar-refractivity contribution in [1.29, 1.82) is 0 Å². The fourth-order valence-electron chi connectivity index (χ4n) is 1.61. The molecule has 1 rings (SSSR count). The Kier molecular flexibility index (Phi) is 4.90. The molecule has 0 aliphatic rings. The van der Waals surface area contributed by atoms with Gasteiger partial charge in [0.25, 0.3) is 0 Å². The number of benzene rings is 1. The third-order valence-electron chi connectivity index (χ3n) is 2.67. The van der Waals surface area contributed by atoms with Gasteiger partial charge in [-0.1, -0.05) is 6.07 Å². The van der Waals surface area contributed by atoms with Gasteiger partial charge in [-0.3, -0.25) is 0 Å². The van der Waals surface area contributed by atoms with E-state index in [0.717, 1.165) is 30.6 Å². The van der Waals surface area contributed by atoms with E-state index in [1.807, 2.05) is 20.0 Å². The standard InChI is InChI=1S/C13H20FNO/c1-10-8-13(14)5-4-12(10)9-15(3)7-6-11(2)16/h4-5,8,11,16H,6-7,9H2,1-3H3. The number of nitrogens with zero attached hydrogens (tertiary/aromatic N) is 1. The van der Waals surface area contributed by atoms with Crippen molar-refractivity contribution in [3.05, 3.63) is 35.1 Å². The SMILES string of the molecule is Cc1cc(F)ccc1CN(C)CCC(C)O. The Bertz CT molecular complexity index is 339. The number of aliphatic hydroxyl groups excluding tert-OH is 1. The van der Waals surface area contributed by atoms with Crippen LogP contribution in [0.4, 0.5) is 4.39 Å². The van der Waals surface area contributed by atoms with Crippen LogP contribution < -0.4 is 0 Å². The first kappa shape index (κ1) is 13.1. The molecular weight excluding hydrogens is 205 g/mol. The first-order valence-electron chi connectivity index (χ1n) is 5.60. The van der Waals surface area contributed by atoms with E-state index in [4.69, 9.17) is 0 Å². The molecule has 1 aromatic carbocycles. The minimum Gasteiger partial charge on any atom is -0.393 e. The largest absolute Gasteiger partial charge is 0.393 e. The molecule has 3 heteroatoms. The summed E-state index contributed by atoms with van der Waals surface area (Å²) in [5, 5.41) is 9.18. The van der Waals surface area contributed by atoms with Gasteiger partial charge in [0.2, 0.25) is 0 Å². The van der Waals surface area contributed by atoms with Gasteiger partial charge in [0.15, 0.2) is 0 Å². The normalized spacial score (nSPS) is 13.1. The first-order valence-corrected chi connectivity index (χ1v) is 5.60. The smallest absolute Gasteiger partial charge is 0.123 e. The van der Waals surface area contributed by atoms with Crippen LogP contribution in [0.15, 0.2) is 18.2 Å². The van der Waals surface area contributed by atoms with Crippen molar-refractivity contribution in [1.82, 2.24) is 4.90 Å². The highest BCUT2D eigenvalue weighted by Crippen LogP contribution is 2.12. The Balaban J connectivity index is 2.52. The average Bonchev–Trinajstić information content (AvgIpc) is 2.19. The second-order valence-electron chi connectivity index (χ2n) is 4.45. The summed E-state index contributed by atoms with van der Waals surface area (Å²) in [5.41, 5.74) is 2.11. The number of rotatable bonds is 5. The van der Waals surface area contributed by atoms with E-state index in [-0.39, 0.29) is 11.9 Å². The highest BCUT2D eigenvalue weighted by atomic mass is 19.1. The van der Waals surface area contributed by atoms with Gasteiger partial charge in [-0.15, -0.1) is 0 Å². The molecule has 0 saturated carbocycles. The highest BCUT2D eigenvalue weighted by Gasteiger charge is 2.05. The van der Waals surface area contributed by atoms with Gasteiger partial charge in [-0.2, -0.15) is 0 Å². The van der Waals surface area contributed by atoms with Crippen molar-refractivity contribution in [2.45, 2.75) is 32.9 Å². The van der Waals surface area contributed by atoms with Crippen LogP contribution in [-0.4, -0.2) is 29.7 Å². The van der Waals surface area contributed by atoms with Crippen LogP contribution >= 0.6 is 0 Å². The van der Waals surface area contributed by atoms with Crippen molar-refractivity contribution in [2.24, 2.45) is 0 Å². The molecule has 0 spiro atoms. The third-order valence-corrected chi connectivity index (χ3v) is 2.67. The summed E-state index contributed by atoms with van der Waals surface area (Å²) in [6, 6.07) is 4.87. The summed E-state index contributed by atoms with van der Waals surface area (Å²) < 4.78 is 12.9. The first-order chi connectivity index (χ1) is 7.49. The predicted octanol–water partition coefficient (Wildman–Crippen LogP) is 2.34.